The Balaban J connectivity index is 2.02. The third-order valence-electron chi connectivity index (χ3n) is 5.11. The van der Waals surface area contributed by atoms with Gasteiger partial charge in [-0.15, -0.1) is 0 Å². The number of ether oxygens (including phenoxy) is 2. The lowest BCUT2D eigenvalue weighted by Gasteiger charge is -2.32. The van der Waals surface area contributed by atoms with Crippen molar-refractivity contribution in [1.82, 2.24) is 5.32 Å². The zero-order valence-corrected chi connectivity index (χ0v) is 17.9. The molecule has 0 radical (unpaired) electrons. The lowest BCUT2D eigenvalue weighted by molar-refractivity contribution is -0.171. The number of carbonyl (C=O) groups excluding carboxylic acids is 2. The minimum absolute atomic E-state index is 0.0210. The molecule has 1 aliphatic rings. The van der Waals surface area contributed by atoms with Crippen LogP contribution in [0.1, 0.15) is 31.4 Å². The SMILES string of the molecule is CCOc1ccc(N(C(=O)C(F)(F)F)C(C(=O)NCC2CCCO2)c2ccc(F)cc2)cc1. The van der Waals surface area contributed by atoms with Gasteiger partial charge >= 0.3 is 12.1 Å². The van der Waals surface area contributed by atoms with E-state index < -0.39 is 29.8 Å². The lowest BCUT2D eigenvalue weighted by Crippen LogP contribution is -2.49. The summed E-state index contributed by atoms with van der Waals surface area (Å²) in [5.41, 5.74) is -0.143. The number of amides is 2. The molecule has 1 aliphatic heterocycles. The highest BCUT2D eigenvalue weighted by molar-refractivity contribution is 6.03. The number of alkyl halides is 3. The van der Waals surface area contributed by atoms with Crippen molar-refractivity contribution < 1.29 is 36.6 Å². The highest BCUT2D eigenvalue weighted by Crippen LogP contribution is 2.34. The van der Waals surface area contributed by atoms with Crippen molar-refractivity contribution in [3.05, 3.63) is 59.9 Å². The quantitative estimate of drug-likeness (QED) is 0.591. The van der Waals surface area contributed by atoms with E-state index in [1.807, 2.05) is 0 Å². The zero-order valence-electron chi connectivity index (χ0n) is 17.9. The van der Waals surface area contributed by atoms with E-state index in [1.165, 1.54) is 36.4 Å². The van der Waals surface area contributed by atoms with Crippen LogP contribution in [0.4, 0.5) is 23.2 Å². The first-order valence-electron chi connectivity index (χ1n) is 10.5. The summed E-state index contributed by atoms with van der Waals surface area (Å²) >= 11 is 0. The van der Waals surface area contributed by atoms with E-state index in [0.29, 0.717) is 30.3 Å². The van der Waals surface area contributed by atoms with Crippen molar-refractivity contribution in [2.24, 2.45) is 0 Å². The smallest absolute Gasteiger partial charge is 0.471 e. The van der Waals surface area contributed by atoms with Crippen LogP contribution in [0.3, 0.4) is 0 Å². The van der Waals surface area contributed by atoms with Crippen LogP contribution in [0.25, 0.3) is 0 Å². The van der Waals surface area contributed by atoms with E-state index in [0.717, 1.165) is 18.6 Å². The summed E-state index contributed by atoms with van der Waals surface area (Å²) in [5, 5.41) is 2.58. The van der Waals surface area contributed by atoms with Crippen molar-refractivity contribution >= 4 is 17.5 Å². The number of hydrogen-bond donors (Lipinski definition) is 1. The van der Waals surface area contributed by atoms with Gasteiger partial charge < -0.3 is 14.8 Å². The number of halogens is 4. The summed E-state index contributed by atoms with van der Waals surface area (Å²) in [5.74, 6) is -3.31. The molecule has 2 unspecified atom stereocenters. The van der Waals surface area contributed by atoms with Crippen molar-refractivity contribution in [3.8, 4) is 5.75 Å². The van der Waals surface area contributed by atoms with Crippen LogP contribution in [-0.2, 0) is 14.3 Å². The number of benzene rings is 2. The number of nitrogens with one attached hydrogen (secondary N) is 1. The fourth-order valence-corrected chi connectivity index (χ4v) is 3.57. The lowest BCUT2D eigenvalue weighted by atomic mass is 10.0. The first-order valence-corrected chi connectivity index (χ1v) is 10.5. The van der Waals surface area contributed by atoms with Crippen LogP contribution >= 0.6 is 0 Å². The van der Waals surface area contributed by atoms with Gasteiger partial charge in [0.05, 0.1) is 12.7 Å². The maximum Gasteiger partial charge on any atom is 0.471 e. The van der Waals surface area contributed by atoms with Gasteiger partial charge in [0.2, 0.25) is 5.91 Å². The number of rotatable bonds is 8. The molecule has 2 amide bonds. The van der Waals surface area contributed by atoms with Crippen molar-refractivity contribution in [1.29, 1.82) is 0 Å². The Labute approximate surface area is 188 Å². The van der Waals surface area contributed by atoms with E-state index in [2.05, 4.69) is 5.32 Å². The number of hydrogen-bond acceptors (Lipinski definition) is 4. The third kappa shape index (κ3) is 6.22. The van der Waals surface area contributed by atoms with Gasteiger partial charge in [0.15, 0.2) is 0 Å². The summed E-state index contributed by atoms with van der Waals surface area (Å²) in [4.78, 5) is 26.0. The topological polar surface area (TPSA) is 67.9 Å². The standard InChI is InChI=1S/C23H24F4N2O4/c1-2-32-18-11-9-17(10-12-18)29(22(31)23(25,26)27)20(15-5-7-16(24)8-6-15)21(30)28-14-19-4-3-13-33-19/h5-12,19-20H,2-4,13-14H2,1H3,(H,28,30). The van der Waals surface area contributed by atoms with Gasteiger partial charge in [-0.2, -0.15) is 13.2 Å². The maximum absolute atomic E-state index is 13.6. The molecule has 1 heterocycles. The zero-order chi connectivity index (χ0) is 24.0. The average molecular weight is 468 g/mol. The van der Waals surface area contributed by atoms with Crippen molar-refractivity contribution in [2.45, 2.75) is 38.1 Å². The molecule has 2 aromatic rings. The Bertz CT molecular complexity index is 942. The molecular weight excluding hydrogens is 444 g/mol. The molecule has 178 valence electrons. The van der Waals surface area contributed by atoms with Gasteiger partial charge in [-0.25, -0.2) is 4.39 Å². The van der Waals surface area contributed by atoms with Crippen LogP contribution in [-0.4, -0.2) is 43.9 Å². The molecule has 6 nitrogen and oxygen atoms in total. The van der Waals surface area contributed by atoms with E-state index in [1.54, 1.807) is 6.92 Å². The molecule has 2 aromatic carbocycles. The van der Waals surface area contributed by atoms with Gasteiger partial charge in [-0.1, -0.05) is 12.1 Å². The van der Waals surface area contributed by atoms with Gasteiger partial charge in [-0.05, 0) is 61.7 Å². The summed E-state index contributed by atoms with van der Waals surface area (Å²) in [7, 11) is 0. The van der Waals surface area contributed by atoms with E-state index in [9.17, 15) is 27.2 Å². The fourth-order valence-electron chi connectivity index (χ4n) is 3.57. The maximum atomic E-state index is 13.6. The van der Waals surface area contributed by atoms with Crippen molar-refractivity contribution in [3.63, 3.8) is 0 Å². The normalized spacial score (nSPS) is 16.8. The molecule has 1 N–H and O–H groups in total. The Kier molecular flexibility index (Phi) is 7.91. The predicted molar refractivity (Wildman–Crippen MR) is 112 cm³/mol. The molecule has 3 rings (SSSR count). The minimum Gasteiger partial charge on any atom is -0.494 e. The monoisotopic (exact) mass is 468 g/mol. The second kappa shape index (κ2) is 10.7. The minimum atomic E-state index is -5.26. The fraction of sp³-hybridized carbons (Fsp3) is 0.391. The molecule has 1 saturated heterocycles. The molecule has 0 saturated carbocycles. The molecule has 10 heteroatoms. The average Bonchev–Trinajstić information content (AvgIpc) is 3.30. The summed E-state index contributed by atoms with van der Waals surface area (Å²) in [6.45, 7) is 2.70. The third-order valence-corrected chi connectivity index (χ3v) is 5.11. The molecule has 33 heavy (non-hydrogen) atoms. The number of anilines is 1. The van der Waals surface area contributed by atoms with E-state index >= 15 is 0 Å². The molecule has 2 atom stereocenters. The second-order valence-electron chi connectivity index (χ2n) is 7.43. The largest absolute Gasteiger partial charge is 0.494 e. The second-order valence-corrected chi connectivity index (χ2v) is 7.43. The summed E-state index contributed by atoms with van der Waals surface area (Å²) in [6, 6.07) is 8.03. The Morgan fingerprint density at radius 3 is 2.36 bits per heavy atom. The van der Waals surface area contributed by atoms with Crippen LogP contribution in [0.5, 0.6) is 5.75 Å². The van der Waals surface area contributed by atoms with Crippen LogP contribution in [0, 0.1) is 5.82 Å². The van der Waals surface area contributed by atoms with Gasteiger partial charge in [0.1, 0.15) is 17.6 Å². The van der Waals surface area contributed by atoms with Crippen LogP contribution in [0.2, 0.25) is 0 Å². The highest BCUT2D eigenvalue weighted by Gasteiger charge is 2.47. The molecule has 0 aliphatic carbocycles. The first-order chi connectivity index (χ1) is 15.7. The molecule has 0 aromatic heterocycles. The van der Waals surface area contributed by atoms with Gasteiger partial charge in [-0.3, -0.25) is 14.5 Å². The van der Waals surface area contributed by atoms with Gasteiger partial charge in [0, 0.05) is 18.8 Å². The van der Waals surface area contributed by atoms with Crippen LogP contribution in [0.15, 0.2) is 48.5 Å². The number of carbonyl (C=O) groups is 2. The van der Waals surface area contributed by atoms with E-state index in [-0.39, 0.29) is 23.9 Å². The predicted octanol–water partition coefficient (Wildman–Crippen LogP) is 4.16. The first kappa shape index (κ1) is 24.5. The summed E-state index contributed by atoms with van der Waals surface area (Å²) in [6.07, 6.45) is -4.01. The Hall–Kier alpha value is -3.14. The Morgan fingerprint density at radius 2 is 1.82 bits per heavy atom. The molecule has 1 fully saturated rings. The molecule has 0 spiro atoms. The molecular formula is C23H24F4N2O4. The number of nitrogens with zero attached hydrogens (tertiary/aromatic N) is 1. The highest BCUT2D eigenvalue weighted by atomic mass is 19.4. The van der Waals surface area contributed by atoms with Crippen molar-refractivity contribution in [2.75, 3.05) is 24.7 Å². The Morgan fingerprint density at radius 1 is 1.15 bits per heavy atom. The van der Waals surface area contributed by atoms with E-state index in [4.69, 9.17) is 9.47 Å². The van der Waals surface area contributed by atoms with Crippen LogP contribution < -0.4 is 15.0 Å². The summed E-state index contributed by atoms with van der Waals surface area (Å²) < 4.78 is 65.0. The molecule has 0 bridgehead atoms. The van der Waals surface area contributed by atoms with Gasteiger partial charge in [0.25, 0.3) is 0 Å².